The maximum absolute atomic E-state index is 12.9. The van der Waals surface area contributed by atoms with Crippen molar-refractivity contribution in [2.24, 2.45) is 5.92 Å². The lowest BCUT2D eigenvalue weighted by Crippen LogP contribution is -2.29. The van der Waals surface area contributed by atoms with Crippen LogP contribution in [0.2, 0.25) is 0 Å². The number of likely N-dealkylation sites (tertiary alicyclic amines) is 1. The first-order chi connectivity index (χ1) is 12.6. The van der Waals surface area contributed by atoms with Gasteiger partial charge in [0.05, 0.1) is 12.0 Å². The standard InChI is InChI=1S/C19H22N4O2S/c1-23-15(24)11-14(16(23)12-7-3-2-4-8-12)17(25)20-19-22-21-18(26-19)13-9-5-6-10-13/h2-4,7-8,13-14,16H,5-6,9-11H2,1H3,(H,20,22,25)/t14-,16-/m1/s1. The van der Waals surface area contributed by atoms with Crippen molar-refractivity contribution in [2.45, 2.75) is 44.1 Å². The summed E-state index contributed by atoms with van der Waals surface area (Å²) in [5, 5.41) is 12.8. The topological polar surface area (TPSA) is 75.2 Å². The third-order valence-corrected chi connectivity index (χ3v) is 6.44. The van der Waals surface area contributed by atoms with Crippen LogP contribution in [0.1, 0.15) is 54.6 Å². The van der Waals surface area contributed by atoms with Crippen LogP contribution in [0.25, 0.3) is 0 Å². The van der Waals surface area contributed by atoms with Gasteiger partial charge >= 0.3 is 0 Å². The van der Waals surface area contributed by atoms with Gasteiger partial charge < -0.3 is 10.2 Å². The minimum absolute atomic E-state index is 0.0112. The Morgan fingerprint density at radius 1 is 1.19 bits per heavy atom. The lowest BCUT2D eigenvalue weighted by molar-refractivity contribution is -0.127. The number of nitrogens with one attached hydrogen (secondary N) is 1. The van der Waals surface area contributed by atoms with Crippen LogP contribution < -0.4 is 5.32 Å². The van der Waals surface area contributed by atoms with Gasteiger partial charge in [-0.1, -0.05) is 54.5 Å². The molecular formula is C19H22N4O2S. The zero-order valence-electron chi connectivity index (χ0n) is 14.7. The van der Waals surface area contributed by atoms with Gasteiger partial charge in [0, 0.05) is 19.4 Å². The molecule has 136 valence electrons. The van der Waals surface area contributed by atoms with E-state index in [4.69, 9.17) is 0 Å². The van der Waals surface area contributed by atoms with Crippen LogP contribution in [0.5, 0.6) is 0 Å². The van der Waals surface area contributed by atoms with Crippen LogP contribution in [0.4, 0.5) is 5.13 Å². The zero-order chi connectivity index (χ0) is 18.1. The third kappa shape index (κ3) is 3.23. The first-order valence-corrected chi connectivity index (χ1v) is 9.90. The van der Waals surface area contributed by atoms with Gasteiger partial charge in [-0.3, -0.25) is 9.59 Å². The van der Waals surface area contributed by atoms with Crippen molar-refractivity contribution < 1.29 is 9.59 Å². The molecule has 0 spiro atoms. The van der Waals surface area contributed by atoms with E-state index in [-0.39, 0.29) is 24.3 Å². The molecule has 2 amide bonds. The number of nitrogens with zero attached hydrogens (tertiary/aromatic N) is 3. The first kappa shape index (κ1) is 17.1. The van der Waals surface area contributed by atoms with Gasteiger partial charge in [-0.05, 0) is 18.4 Å². The molecule has 1 N–H and O–H groups in total. The average Bonchev–Trinajstić information content (AvgIpc) is 3.37. The summed E-state index contributed by atoms with van der Waals surface area (Å²) in [5.41, 5.74) is 0.977. The van der Waals surface area contributed by atoms with E-state index in [1.54, 1.807) is 11.9 Å². The van der Waals surface area contributed by atoms with E-state index >= 15 is 0 Å². The van der Waals surface area contributed by atoms with Crippen molar-refractivity contribution in [1.82, 2.24) is 15.1 Å². The summed E-state index contributed by atoms with van der Waals surface area (Å²) in [4.78, 5) is 26.8. The van der Waals surface area contributed by atoms with Crippen LogP contribution in [-0.2, 0) is 9.59 Å². The van der Waals surface area contributed by atoms with E-state index in [0.717, 1.165) is 23.4 Å². The number of hydrogen-bond acceptors (Lipinski definition) is 5. The molecule has 2 atom stereocenters. The first-order valence-electron chi connectivity index (χ1n) is 9.08. The van der Waals surface area contributed by atoms with E-state index in [0.29, 0.717) is 11.0 Å². The van der Waals surface area contributed by atoms with Crippen molar-refractivity contribution in [1.29, 1.82) is 0 Å². The summed E-state index contributed by atoms with van der Waals surface area (Å²) in [7, 11) is 1.76. The number of benzene rings is 1. The Hall–Kier alpha value is -2.28. The second-order valence-corrected chi connectivity index (χ2v) is 8.10. The molecule has 2 aliphatic rings. The molecule has 2 heterocycles. The summed E-state index contributed by atoms with van der Waals surface area (Å²) in [6, 6.07) is 9.47. The van der Waals surface area contributed by atoms with E-state index in [1.807, 2.05) is 30.3 Å². The van der Waals surface area contributed by atoms with Crippen LogP contribution >= 0.6 is 11.3 Å². The van der Waals surface area contributed by atoms with Crippen LogP contribution in [0.15, 0.2) is 30.3 Å². The smallest absolute Gasteiger partial charge is 0.232 e. The van der Waals surface area contributed by atoms with Crippen molar-refractivity contribution in [2.75, 3.05) is 12.4 Å². The van der Waals surface area contributed by atoms with Crippen LogP contribution in [0.3, 0.4) is 0 Å². The molecule has 26 heavy (non-hydrogen) atoms. The fourth-order valence-electron chi connectivity index (χ4n) is 4.03. The molecule has 0 radical (unpaired) electrons. The van der Waals surface area contributed by atoms with E-state index in [9.17, 15) is 9.59 Å². The van der Waals surface area contributed by atoms with Crippen LogP contribution in [-0.4, -0.2) is 34.0 Å². The molecule has 1 aromatic carbocycles. The Morgan fingerprint density at radius 3 is 2.65 bits per heavy atom. The SMILES string of the molecule is CN1C(=O)C[C@@H](C(=O)Nc2nnc(C3CCCC3)s2)[C@H]1c1ccccc1. The monoisotopic (exact) mass is 370 g/mol. The largest absolute Gasteiger partial charge is 0.338 e. The highest BCUT2D eigenvalue weighted by Crippen LogP contribution is 2.39. The fraction of sp³-hybridized carbons (Fsp3) is 0.474. The molecule has 1 aliphatic heterocycles. The maximum atomic E-state index is 12.9. The Labute approximate surface area is 156 Å². The van der Waals surface area contributed by atoms with Gasteiger partial charge in [-0.25, -0.2) is 0 Å². The minimum Gasteiger partial charge on any atom is -0.338 e. The van der Waals surface area contributed by atoms with Crippen molar-refractivity contribution in [3.8, 4) is 0 Å². The van der Waals surface area contributed by atoms with E-state index in [1.165, 1.54) is 24.2 Å². The number of amides is 2. The Kier molecular flexibility index (Phi) is 4.72. The van der Waals surface area contributed by atoms with Gasteiger partial charge in [0.1, 0.15) is 5.01 Å². The molecule has 2 fully saturated rings. The number of rotatable bonds is 4. The number of hydrogen-bond donors (Lipinski definition) is 1. The van der Waals surface area contributed by atoms with Crippen molar-refractivity contribution >= 4 is 28.3 Å². The van der Waals surface area contributed by atoms with Crippen molar-refractivity contribution in [3.05, 3.63) is 40.9 Å². The summed E-state index contributed by atoms with van der Waals surface area (Å²) < 4.78 is 0. The number of carbonyl (C=O) groups is 2. The maximum Gasteiger partial charge on any atom is 0.232 e. The fourth-order valence-corrected chi connectivity index (χ4v) is 4.95. The van der Waals surface area contributed by atoms with Gasteiger partial charge in [-0.2, -0.15) is 0 Å². The molecule has 2 aromatic rings. The summed E-state index contributed by atoms with van der Waals surface area (Å²) in [6.45, 7) is 0. The molecule has 1 aromatic heterocycles. The Balaban J connectivity index is 1.50. The second kappa shape index (κ2) is 7.15. The average molecular weight is 370 g/mol. The summed E-state index contributed by atoms with van der Waals surface area (Å²) in [5.74, 6) is -0.114. The highest BCUT2D eigenvalue weighted by Gasteiger charge is 2.42. The predicted molar refractivity (Wildman–Crippen MR) is 99.8 cm³/mol. The highest BCUT2D eigenvalue weighted by molar-refractivity contribution is 7.15. The Bertz CT molecular complexity index is 801. The van der Waals surface area contributed by atoms with Crippen molar-refractivity contribution in [3.63, 3.8) is 0 Å². The normalized spacial score (nSPS) is 23.6. The molecule has 0 unspecified atom stereocenters. The molecule has 1 saturated heterocycles. The molecule has 6 nitrogen and oxygen atoms in total. The summed E-state index contributed by atoms with van der Waals surface area (Å²) in [6.07, 6.45) is 5.00. The summed E-state index contributed by atoms with van der Waals surface area (Å²) >= 11 is 1.46. The van der Waals surface area contributed by atoms with Gasteiger partial charge in [0.2, 0.25) is 16.9 Å². The zero-order valence-corrected chi connectivity index (χ0v) is 15.5. The number of aromatic nitrogens is 2. The van der Waals surface area contributed by atoms with Gasteiger partial charge in [0.25, 0.3) is 0 Å². The molecule has 4 rings (SSSR count). The molecule has 1 aliphatic carbocycles. The predicted octanol–water partition coefficient (Wildman–Crippen LogP) is 3.35. The molecular weight excluding hydrogens is 348 g/mol. The van der Waals surface area contributed by atoms with E-state index in [2.05, 4.69) is 15.5 Å². The number of anilines is 1. The number of carbonyl (C=O) groups excluding carboxylic acids is 2. The molecule has 1 saturated carbocycles. The highest BCUT2D eigenvalue weighted by atomic mass is 32.1. The van der Waals surface area contributed by atoms with Crippen LogP contribution in [0, 0.1) is 5.92 Å². The minimum atomic E-state index is -0.422. The lowest BCUT2D eigenvalue weighted by atomic mass is 9.93. The van der Waals surface area contributed by atoms with E-state index < -0.39 is 5.92 Å². The second-order valence-electron chi connectivity index (χ2n) is 7.09. The lowest BCUT2D eigenvalue weighted by Gasteiger charge is -2.24. The quantitative estimate of drug-likeness (QED) is 0.895. The Morgan fingerprint density at radius 2 is 1.92 bits per heavy atom. The van der Waals surface area contributed by atoms with Gasteiger partial charge in [-0.15, -0.1) is 10.2 Å². The third-order valence-electron chi connectivity index (χ3n) is 5.44. The molecule has 0 bridgehead atoms. The van der Waals surface area contributed by atoms with Gasteiger partial charge in [0.15, 0.2) is 0 Å². The molecule has 7 heteroatoms.